The largest absolute Gasteiger partial charge is 0.379 e. The first-order valence-corrected chi connectivity index (χ1v) is 6.35. The molecule has 0 heterocycles. The minimum absolute atomic E-state index is 0.186. The predicted octanol–water partition coefficient (Wildman–Crippen LogP) is 2.17. The maximum atomic E-state index is 5.54. The van der Waals surface area contributed by atoms with Gasteiger partial charge in [-0.1, -0.05) is 6.92 Å². The lowest BCUT2D eigenvalue weighted by Crippen LogP contribution is -2.41. The molecule has 0 aromatic rings. The number of hydrogen-bond donors (Lipinski definition) is 2. The van der Waals surface area contributed by atoms with Crippen molar-refractivity contribution in [2.75, 3.05) is 26.3 Å². The third kappa shape index (κ3) is 10.4. The highest BCUT2D eigenvalue weighted by atomic mass is 16.5. The van der Waals surface area contributed by atoms with Crippen LogP contribution in [0.5, 0.6) is 0 Å². The Morgan fingerprint density at radius 3 is 1.81 bits per heavy atom. The van der Waals surface area contributed by atoms with Crippen molar-refractivity contribution in [3.63, 3.8) is 0 Å². The van der Waals surface area contributed by atoms with Gasteiger partial charge in [-0.3, -0.25) is 0 Å². The molecule has 0 aromatic heterocycles. The zero-order chi connectivity index (χ0) is 12.7. The summed E-state index contributed by atoms with van der Waals surface area (Å²) in [4.78, 5) is 0. The Bertz CT molecular complexity index is 173. The minimum Gasteiger partial charge on any atom is -0.379 e. The van der Waals surface area contributed by atoms with Crippen molar-refractivity contribution in [3.8, 4) is 0 Å². The number of ether oxygens (including phenoxy) is 1. The van der Waals surface area contributed by atoms with Gasteiger partial charge in [0.1, 0.15) is 0 Å². The van der Waals surface area contributed by atoms with Crippen LogP contribution in [0.4, 0.5) is 0 Å². The maximum Gasteiger partial charge on any atom is 0.0591 e. The number of rotatable bonds is 8. The summed E-state index contributed by atoms with van der Waals surface area (Å²) in [6.07, 6.45) is 1.14. The highest BCUT2D eigenvalue weighted by molar-refractivity contribution is 4.74. The van der Waals surface area contributed by atoms with E-state index in [1.165, 1.54) is 0 Å². The van der Waals surface area contributed by atoms with Crippen LogP contribution in [0.3, 0.4) is 0 Å². The van der Waals surface area contributed by atoms with Crippen molar-refractivity contribution in [3.05, 3.63) is 0 Å². The van der Waals surface area contributed by atoms with Gasteiger partial charge < -0.3 is 15.4 Å². The molecule has 0 aliphatic rings. The smallest absolute Gasteiger partial charge is 0.0591 e. The first-order valence-electron chi connectivity index (χ1n) is 6.35. The second-order valence-corrected chi connectivity index (χ2v) is 5.95. The molecule has 3 nitrogen and oxygen atoms in total. The molecule has 3 heteroatoms. The van der Waals surface area contributed by atoms with E-state index in [0.717, 1.165) is 32.7 Å². The molecular formula is C13H30N2O. The summed E-state index contributed by atoms with van der Waals surface area (Å²) in [6, 6.07) is 0. The minimum atomic E-state index is 0.186. The molecule has 0 amide bonds. The molecule has 2 N–H and O–H groups in total. The van der Waals surface area contributed by atoms with Gasteiger partial charge in [0.2, 0.25) is 0 Å². The van der Waals surface area contributed by atoms with Gasteiger partial charge in [-0.25, -0.2) is 0 Å². The van der Waals surface area contributed by atoms with E-state index < -0.39 is 0 Å². The van der Waals surface area contributed by atoms with Gasteiger partial charge in [0.15, 0.2) is 0 Å². The molecule has 0 bridgehead atoms. The fraction of sp³-hybridized carbons (Fsp3) is 1.00. The third-order valence-corrected chi connectivity index (χ3v) is 2.64. The number of nitrogens with one attached hydrogen (secondary N) is 2. The molecule has 0 atom stereocenters. The van der Waals surface area contributed by atoms with E-state index in [0.29, 0.717) is 0 Å². The van der Waals surface area contributed by atoms with Crippen LogP contribution in [0.2, 0.25) is 0 Å². The first-order chi connectivity index (χ1) is 7.27. The quantitative estimate of drug-likeness (QED) is 0.627. The first kappa shape index (κ1) is 15.9. The molecule has 0 saturated heterocycles. The zero-order valence-corrected chi connectivity index (χ0v) is 11.9. The summed E-state index contributed by atoms with van der Waals surface area (Å²) in [6.45, 7) is 16.5. The molecule has 0 unspecified atom stereocenters. The van der Waals surface area contributed by atoms with Crippen LogP contribution in [-0.4, -0.2) is 37.4 Å². The second kappa shape index (κ2) is 7.25. The molecule has 16 heavy (non-hydrogen) atoms. The Kier molecular flexibility index (Phi) is 7.20. The normalized spacial score (nSPS) is 13.1. The summed E-state index contributed by atoms with van der Waals surface area (Å²) in [7, 11) is 0. The topological polar surface area (TPSA) is 33.3 Å². The Morgan fingerprint density at radius 2 is 1.38 bits per heavy atom. The lowest BCUT2D eigenvalue weighted by molar-refractivity contribution is 0.126. The van der Waals surface area contributed by atoms with Crippen LogP contribution >= 0.6 is 0 Å². The van der Waals surface area contributed by atoms with E-state index >= 15 is 0 Å². The third-order valence-electron chi connectivity index (χ3n) is 2.64. The molecule has 0 rings (SSSR count). The van der Waals surface area contributed by atoms with Crippen LogP contribution < -0.4 is 10.6 Å². The standard InChI is InChI=1S/C13H30N2O/c1-7-13(5,6)15-9-11-16-10-8-14-12(2,3)4/h14-15H,7-11H2,1-6H3. The fourth-order valence-electron chi connectivity index (χ4n) is 1.19. The predicted molar refractivity (Wildman–Crippen MR) is 70.9 cm³/mol. The fourth-order valence-corrected chi connectivity index (χ4v) is 1.19. The van der Waals surface area contributed by atoms with E-state index in [2.05, 4.69) is 52.2 Å². The molecule has 0 aliphatic heterocycles. The van der Waals surface area contributed by atoms with Gasteiger partial charge in [-0.15, -0.1) is 0 Å². The molecule has 0 radical (unpaired) electrons. The van der Waals surface area contributed by atoms with Crippen LogP contribution in [0.15, 0.2) is 0 Å². The van der Waals surface area contributed by atoms with Crippen molar-refractivity contribution >= 4 is 0 Å². The van der Waals surface area contributed by atoms with E-state index in [9.17, 15) is 0 Å². The lowest BCUT2D eigenvalue weighted by Gasteiger charge is -2.24. The van der Waals surface area contributed by atoms with E-state index in [-0.39, 0.29) is 11.1 Å². The van der Waals surface area contributed by atoms with Gasteiger partial charge in [0, 0.05) is 24.2 Å². The Morgan fingerprint density at radius 1 is 0.875 bits per heavy atom. The maximum absolute atomic E-state index is 5.54. The summed E-state index contributed by atoms with van der Waals surface area (Å²) in [5.74, 6) is 0. The van der Waals surface area contributed by atoms with Crippen LogP contribution in [0, 0.1) is 0 Å². The highest BCUT2D eigenvalue weighted by Crippen LogP contribution is 2.05. The van der Waals surface area contributed by atoms with Gasteiger partial charge in [-0.2, -0.15) is 0 Å². The molecule has 0 spiro atoms. The summed E-state index contributed by atoms with van der Waals surface area (Å²) in [5, 5.41) is 6.87. The van der Waals surface area contributed by atoms with Crippen molar-refractivity contribution in [1.29, 1.82) is 0 Å². The zero-order valence-electron chi connectivity index (χ0n) is 11.9. The van der Waals surface area contributed by atoms with Crippen LogP contribution in [0.1, 0.15) is 48.0 Å². The summed E-state index contributed by atoms with van der Waals surface area (Å²) in [5.41, 5.74) is 0.416. The Labute approximate surface area is 101 Å². The van der Waals surface area contributed by atoms with Crippen molar-refractivity contribution < 1.29 is 4.74 Å². The molecule has 0 aromatic carbocycles. The lowest BCUT2D eigenvalue weighted by atomic mass is 10.0. The van der Waals surface area contributed by atoms with E-state index in [1.54, 1.807) is 0 Å². The molecule has 98 valence electrons. The average molecular weight is 230 g/mol. The monoisotopic (exact) mass is 230 g/mol. The van der Waals surface area contributed by atoms with Crippen LogP contribution in [-0.2, 0) is 4.74 Å². The number of hydrogen-bond acceptors (Lipinski definition) is 3. The van der Waals surface area contributed by atoms with Gasteiger partial charge in [0.05, 0.1) is 13.2 Å². The molecule has 0 aliphatic carbocycles. The van der Waals surface area contributed by atoms with E-state index in [4.69, 9.17) is 4.74 Å². The SMILES string of the molecule is CCC(C)(C)NCCOCCNC(C)(C)C. The summed E-state index contributed by atoms with van der Waals surface area (Å²) < 4.78 is 5.54. The van der Waals surface area contributed by atoms with Gasteiger partial charge in [0.25, 0.3) is 0 Å². The second-order valence-electron chi connectivity index (χ2n) is 5.95. The Balaban J connectivity index is 3.29. The summed E-state index contributed by atoms with van der Waals surface area (Å²) >= 11 is 0. The molecule has 0 fully saturated rings. The molecular weight excluding hydrogens is 200 g/mol. The van der Waals surface area contributed by atoms with Gasteiger partial charge >= 0.3 is 0 Å². The Hall–Kier alpha value is -0.120. The highest BCUT2D eigenvalue weighted by Gasteiger charge is 2.12. The van der Waals surface area contributed by atoms with Crippen molar-refractivity contribution in [1.82, 2.24) is 10.6 Å². The van der Waals surface area contributed by atoms with E-state index in [1.807, 2.05) is 0 Å². The van der Waals surface area contributed by atoms with Crippen LogP contribution in [0.25, 0.3) is 0 Å². The van der Waals surface area contributed by atoms with Gasteiger partial charge in [-0.05, 0) is 41.0 Å². The van der Waals surface area contributed by atoms with Crippen molar-refractivity contribution in [2.24, 2.45) is 0 Å². The molecule has 0 saturated carbocycles. The van der Waals surface area contributed by atoms with Crippen molar-refractivity contribution in [2.45, 2.75) is 59.0 Å². The average Bonchev–Trinajstić information content (AvgIpc) is 2.14.